The quantitative estimate of drug-likeness (QED) is 0.521. The number of nitrogens with zero attached hydrogens (tertiary/aromatic N) is 1. The molecule has 1 rings (SSSR count). The molecule has 0 aliphatic carbocycles. The molecule has 1 fully saturated rings. The summed E-state index contributed by atoms with van der Waals surface area (Å²) in [6.07, 6.45) is 1.38. The summed E-state index contributed by atoms with van der Waals surface area (Å²) in [7, 11) is -1.22. The predicted molar refractivity (Wildman–Crippen MR) is 45.4 cm³/mol. The smallest absolute Gasteiger partial charge is 0.427 e. The monoisotopic (exact) mass is 171 g/mol. The zero-order valence-electron chi connectivity index (χ0n) is 7.23. The van der Waals surface area contributed by atoms with Gasteiger partial charge in [0, 0.05) is 20.0 Å². The summed E-state index contributed by atoms with van der Waals surface area (Å²) < 4.78 is 0. The third kappa shape index (κ3) is 2.22. The zero-order valence-corrected chi connectivity index (χ0v) is 7.23. The molecule has 0 radical (unpaired) electrons. The summed E-state index contributed by atoms with van der Waals surface area (Å²) in [5.74, 6) is 0.0153. The van der Waals surface area contributed by atoms with E-state index in [0.717, 1.165) is 0 Å². The van der Waals surface area contributed by atoms with Gasteiger partial charge in [0.25, 0.3) is 0 Å². The number of carbonyl (C=O) groups is 1. The molecule has 0 aromatic carbocycles. The third-order valence-electron chi connectivity index (χ3n) is 2.41. The van der Waals surface area contributed by atoms with Crippen LogP contribution in [0.3, 0.4) is 0 Å². The van der Waals surface area contributed by atoms with Gasteiger partial charge in [-0.15, -0.1) is 0 Å². The van der Waals surface area contributed by atoms with Crippen LogP contribution in [-0.2, 0) is 4.79 Å². The Balaban J connectivity index is 2.34. The van der Waals surface area contributed by atoms with E-state index in [1.165, 1.54) is 6.92 Å². The SMILES string of the molecule is CC(=O)N1CCC(B(O)O)CC1. The van der Waals surface area contributed by atoms with Crippen molar-refractivity contribution < 1.29 is 14.8 Å². The fraction of sp³-hybridized carbons (Fsp3) is 0.857. The van der Waals surface area contributed by atoms with E-state index in [2.05, 4.69) is 0 Å². The first-order valence-electron chi connectivity index (χ1n) is 4.23. The highest BCUT2D eigenvalue weighted by molar-refractivity contribution is 6.43. The minimum absolute atomic E-state index is 0.0550. The molecule has 0 spiro atoms. The van der Waals surface area contributed by atoms with Gasteiger partial charge in [-0.05, 0) is 18.7 Å². The average molecular weight is 171 g/mol. The largest absolute Gasteiger partial charge is 0.454 e. The molecular weight excluding hydrogens is 157 g/mol. The van der Waals surface area contributed by atoms with Crippen LogP contribution >= 0.6 is 0 Å². The highest BCUT2D eigenvalue weighted by Gasteiger charge is 2.28. The number of carbonyl (C=O) groups excluding carboxylic acids is 1. The number of amides is 1. The van der Waals surface area contributed by atoms with E-state index < -0.39 is 7.12 Å². The number of rotatable bonds is 1. The molecule has 0 saturated carbocycles. The number of hydrogen-bond acceptors (Lipinski definition) is 3. The molecule has 1 amide bonds. The van der Waals surface area contributed by atoms with E-state index in [-0.39, 0.29) is 11.7 Å². The van der Waals surface area contributed by atoms with Gasteiger partial charge < -0.3 is 14.9 Å². The predicted octanol–water partition coefficient (Wildman–Crippen LogP) is -0.528. The lowest BCUT2D eigenvalue weighted by atomic mass is 9.67. The van der Waals surface area contributed by atoms with Crippen LogP contribution in [-0.4, -0.2) is 41.1 Å². The molecule has 0 bridgehead atoms. The molecule has 12 heavy (non-hydrogen) atoms. The van der Waals surface area contributed by atoms with Crippen LogP contribution in [0.1, 0.15) is 19.8 Å². The maximum atomic E-state index is 10.9. The first-order chi connectivity index (χ1) is 5.61. The van der Waals surface area contributed by atoms with Crippen LogP contribution in [0.5, 0.6) is 0 Å². The Kier molecular flexibility index (Phi) is 3.11. The highest BCUT2D eigenvalue weighted by atomic mass is 16.4. The Morgan fingerprint density at radius 2 is 1.92 bits per heavy atom. The van der Waals surface area contributed by atoms with Crippen molar-refractivity contribution in [3.8, 4) is 0 Å². The summed E-state index contributed by atoms with van der Waals surface area (Å²) in [6.45, 7) is 2.84. The lowest BCUT2D eigenvalue weighted by Crippen LogP contribution is -2.39. The molecule has 1 aliphatic heterocycles. The van der Waals surface area contributed by atoms with Crippen molar-refractivity contribution in [1.82, 2.24) is 4.90 Å². The molecule has 0 unspecified atom stereocenters. The molecule has 68 valence electrons. The van der Waals surface area contributed by atoms with E-state index in [4.69, 9.17) is 10.0 Å². The van der Waals surface area contributed by atoms with Gasteiger partial charge in [0.05, 0.1) is 0 Å². The van der Waals surface area contributed by atoms with Crippen LogP contribution in [0.2, 0.25) is 5.82 Å². The van der Waals surface area contributed by atoms with Crippen molar-refractivity contribution in [2.45, 2.75) is 25.6 Å². The maximum absolute atomic E-state index is 10.9. The van der Waals surface area contributed by atoms with Crippen LogP contribution in [0.25, 0.3) is 0 Å². The van der Waals surface area contributed by atoms with Crippen molar-refractivity contribution in [2.75, 3.05) is 13.1 Å². The Bertz CT molecular complexity index is 166. The molecule has 1 saturated heterocycles. The van der Waals surface area contributed by atoms with Crippen molar-refractivity contribution in [3.05, 3.63) is 0 Å². The minimum Gasteiger partial charge on any atom is -0.427 e. The van der Waals surface area contributed by atoms with Gasteiger partial charge in [-0.25, -0.2) is 0 Å². The van der Waals surface area contributed by atoms with Gasteiger partial charge in [-0.3, -0.25) is 4.79 Å². The normalized spacial score (nSPS) is 19.4. The van der Waals surface area contributed by atoms with Gasteiger partial charge in [0.15, 0.2) is 0 Å². The maximum Gasteiger partial charge on any atom is 0.454 e. The topological polar surface area (TPSA) is 60.8 Å². The molecule has 5 heteroatoms. The highest BCUT2D eigenvalue weighted by Crippen LogP contribution is 2.23. The van der Waals surface area contributed by atoms with Crippen LogP contribution in [0.15, 0.2) is 0 Å². The van der Waals surface area contributed by atoms with Gasteiger partial charge in [-0.1, -0.05) is 0 Å². The molecule has 0 aromatic rings. The van der Waals surface area contributed by atoms with Crippen LogP contribution < -0.4 is 0 Å². The lowest BCUT2D eigenvalue weighted by molar-refractivity contribution is -0.129. The molecule has 1 aliphatic rings. The van der Waals surface area contributed by atoms with Crippen molar-refractivity contribution >= 4 is 13.0 Å². The van der Waals surface area contributed by atoms with Gasteiger partial charge in [0.2, 0.25) is 5.91 Å². The fourth-order valence-electron chi connectivity index (χ4n) is 1.51. The first-order valence-corrected chi connectivity index (χ1v) is 4.23. The van der Waals surface area contributed by atoms with Crippen molar-refractivity contribution in [3.63, 3.8) is 0 Å². The first kappa shape index (κ1) is 9.54. The summed E-state index contributed by atoms with van der Waals surface area (Å²) in [6, 6.07) is 0. The summed E-state index contributed by atoms with van der Waals surface area (Å²) in [5, 5.41) is 17.7. The molecule has 0 aromatic heterocycles. The van der Waals surface area contributed by atoms with Gasteiger partial charge >= 0.3 is 7.12 Å². The fourth-order valence-corrected chi connectivity index (χ4v) is 1.51. The van der Waals surface area contributed by atoms with Crippen molar-refractivity contribution in [2.24, 2.45) is 0 Å². The van der Waals surface area contributed by atoms with E-state index in [9.17, 15) is 4.79 Å². The Morgan fingerprint density at radius 3 is 2.25 bits per heavy atom. The Hall–Kier alpha value is -0.545. The lowest BCUT2D eigenvalue weighted by Gasteiger charge is -2.30. The molecular formula is C7H14BNO3. The Morgan fingerprint density at radius 1 is 1.42 bits per heavy atom. The third-order valence-corrected chi connectivity index (χ3v) is 2.41. The van der Waals surface area contributed by atoms with Gasteiger partial charge in [-0.2, -0.15) is 0 Å². The molecule has 1 heterocycles. The molecule has 2 N–H and O–H groups in total. The summed E-state index contributed by atoms with van der Waals surface area (Å²) in [4.78, 5) is 12.6. The Labute approximate surface area is 72.3 Å². The van der Waals surface area contributed by atoms with Crippen molar-refractivity contribution in [1.29, 1.82) is 0 Å². The van der Waals surface area contributed by atoms with E-state index in [1.54, 1.807) is 4.90 Å². The van der Waals surface area contributed by atoms with E-state index >= 15 is 0 Å². The summed E-state index contributed by atoms with van der Waals surface area (Å²) >= 11 is 0. The number of piperidine rings is 1. The zero-order chi connectivity index (χ0) is 9.14. The minimum atomic E-state index is -1.22. The van der Waals surface area contributed by atoms with Crippen LogP contribution in [0, 0.1) is 0 Å². The standard InChI is InChI=1S/C7H14BNO3/c1-6(10)9-4-2-7(3-5-9)8(11)12/h7,11-12H,2-5H2,1H3. The van der Waals surface area contributed by atoms with E-state index in [1.807, 2.05) is 0 Å². The average Bonchev–Trinajstić information content (AvgIpc) is 2.04. The summed E-state index contributed by atoms with van der Waals surface area (Å²) in [5.41, 5.74) is 0. The second-order valence-corrected chi connectivity index (χ2v) is 3.26. The molecule has 0 atom stereocenters. The second-order valence-electron chi connectivity index (χ2n) is 3.26. The number of hydrogen-bond donors (Lipinski definition) is 2. The molecule has 4 nitrogen and oxygen atoms in total. The van der Waals surface area contributed by atoms with E-state index in [0.29, 0.717) is 25.9 Å². The number of likely N-dealkylation sites (tertiary alicyclic amines) is 1. The van der Waals surface area contributed by atoms with Crippen LogP contribution in [0.4, 0.5) is 0 Å². The van der Waals surface area contributed by atoms with Gasteiger partial charge in [0.1, 0.15) is 0 Å². The second kappa shape index (κ2) is 3.91.